The summed E-state index contributed by atoms with van der Waals surface area (Å²) >= 11 is 5.80. The van der Waals surface area contributed by atoms with Crippen LogP contribution in [0.25, 0.3) is 0 Å². The van der Waals surface area contributed by atoms with E-state index in [1.807, 2.05) is 6.07 Å². The summed E-state index contributed by atoms with van der Waals surface area (Å²) in [6, 6.07) is 7.08. The van der Waals surface area contributed by atoms with Gasteiger partial charge in [-0.2, -0.15) is 5.11 Å². The van der Waals surface area contributed by atoms with Crippen molar-refractivity contribution in [2.45, 2.75) is 5.50 Å². The maximum Gasteiger partial charge on any atom is 0.295 e. The van der Waals surface area contributed by atoms with Crippen LogP contribution in [0, 0.1) is 0 Å². The molecule has 1 atom stereocenters. The Kier molecular flexibility index (Phi) is 1.66. The average molecular weight is 181 g/mol. The molecule has 4 heteroatoms. The van der Waals surface area contributed by atoms with Crippen LogP contribution in [-0.2, 0) is 0 Å². The van der Waals surface area contributed by atoms with Crippen molar-refractivity contribution in [1.29, 1.82) is 0 Å². The third-order valence-electron chi connectivity index (χ3n) is 1.70. The van der Waals surface area contributed by atoms with Crippen molar-refractivity contribution in [2.24, 2.45) is 10.2 Å². The number of fused-ring (bicyclic) bond motifs is 1. The van der Waals surface area contributed by atoms with Gasteiger partial charge in [-0.3, -0.25) is 4.79 Å². The summed E-state index contributed by atoms with van der Waals surface area (Å²) < 4.78 is 0. The Morgan fingerprint density at radius 3 is 2.83 bits per heavy atom. The Labute approximate surface area is 74.1 Å². The van der Waals surface area contributed by atoms with Gasteiger partial charge in [0, 0.05) is 11.1 Å². The van der Waals surface area contributed by atoms with Gasteiger partial charge in [-0.05, 0) is 6.07 Å². The van der Waals surface area contributed by atoms with Gasteiger partial charge >= 0.3 is 0 Å². The summed E-state index contributed by atoms with van der Waals surface area (Å²) in [5, 5.41) is 7.00. The molecule has 0 saturated carbocycles. The van der Waals surface area contributed by atoms with Gasteiger partial charge in [-0.25, -0.2) is 0 Å². The number of hydrogen-bond acceptors (Lipinski definition) is 2. The molecule has 2 rings (SSSR count). The van der Waals surface area contributed by atoms with Crippen molar-refractivity contribution in [2.75, 3.05) is 0 Å². The smallest absolute Gasteiger partial charge is 0.265 e. The summed E-state index contributed by atoms with van der Waals surface area (Å²) in [5.74, 6) is -0.317. The monoisotopic (exact) mass is 180 g/mol. The fraction of sp³-hybridized carbons (Fsp3) is 0.125. The highest BCUT2D eigenvalue weighted by Crippen LogP contribution is 2.29. The summed E-state index contributed by atoms with van der Waals surface area (Å²) in [4.78, 5) is 11.1. The molecule has 1 aromatic rings. The highest BCUT2D eigenvalue weighted by Gasteiger charge is 2.20. The van der Waals surface area contributed by atoms with Crippen LogP contribution in [0.1, 0.15) is 21.4 Å². The molecular formula is C8H5ClN2O. The first-order valence-corrected chi connectivity index (χ1v) is 3.91. The van der Waals surface area contributed by atoms with Crippen molar-refractivity contribution >= 4 is 17.5 Å². The number of halogens is 1. The van der Waals surface area contributed by atoms with Crippen molar-refractivity contribution in [3.05, 3.63) is 35.4 Å². The molecule has 0 aliphatic carbocycles. The van der Waals surface area contributed by atoms with Crippen LogP contribution in [0.3, 0.4) is 0 Å². The predicted octanol–water partition coefficient (Wildman–Crippen LogP) is 2.53. The fourth-order valence-corrected chi connectivity index (χ4v) is 1.35. The van der Waals surface area contributed by atoms with Crippen molar-refractivity contribution in [3.63, 3.8) is 0 Å². The molecule has 0 aromatic heterocycles. The second-order valence-corrected chi connectivity index (χ2v) is 2.86. The minimum atomic E-state index is -0.515. The van der Waals surface area contributed by atoms with E-state index in [0.29, 0.717) is 5.56 Å². The van der Waals surface area contributed by atoms with E-state index in [4.69, 9.17) is 11.6 Å². The van der Waals surface area contributed by atoms with Crippen molar-refractivity contribution in [1.82, 2.24) is 0 Å². The largest absolute Gasteiger partial charge is 0.295 e. The van der Waals surface area contributed by atoms with Crippen LogP contribution >= 0.6 is 11.6 Å². The van der Waals surface area contributed by atoms with E-state index < -0.39 is 5.50 Å². The zero-order chi connectivity index (χ0) is 8.55. The molecule has 0 fully saturated rings. The van der Waals surface area contributed by atoms with E-state index in [9.17, 15) is 4.79 Å². The van der Waals surface area contributed by atoms with Crippen LogP contribution in [0.2, 0.25) is 0 Å². The summed E-state index contributed by atoms with van der Waals surface area (Å²) in [6.07, 6.45) is 0. The molecule has 0 unspecified atom stereocenters. The van der Waals surface area contributed by atoms with Crippen LogP contribution in [0.4, 0.5) is 0 Å². The summed E-state index contributed by atoms with van der Waals surface area (Å²) in [5.41, 5.74) is 0.769. The van der Waals surface area contributed by atoms with E-state index in [0.717, 1.165) is 5.56 Å². The summed E-state index contributed by atoms with van der Waals surface area (Å²) in [6.45, 7) is 0. The number of benzene rings is 1. The molecule has 0 bridgehead atoms. The summed E-state index contributed by atoms with van der Waals surface area (Å²) in [7, 11) is 0. The van der Waals surface area contributed by atoms with Crippen molar-refractivity contribution in [3.8, 4) is 0 Å². The third-order valence-corrected chi connectivity index (χ3v) is 2.02. The quantitative estimate of drug-likeness (QED) is 0.447. The molecule has 60 valence electrons. The lowest BCUT2D eigenvalue weighted by atomic mass is 10.1. The van der Waals surface area contributed by atoms with Gasteiger partial charge < -0.3 is 0 Å². The first kappa shape index (κ1) is 7.43. The van der Waals surface area contributed by atoms with E-state index >= 15 is 0 Å². The number of nitrogens with zero attached hydrogens (tertiary/aromatic N) is 2. The predicted molar refractivity (Wildman–Crippen MR) is 44.2 cm³/mol. The Morgan fingerprint density at radius 2 is 2.08 bits per heavy atom. The number of carbonyl (C=O) groups is 1. The zero-order valence-electron chi connectivity index (χ0n) is 6.07. The van der Waals surface area contributed by atoms with Gasteiger partial charge in [-0.15, -0.1) is 5.11 Å². The van der Waals surface area contributed by atoms with E-state index in [-0.39, 0.29) is 5.91 Å². The van der Waals surface area contributed by atoms with Gasteiger partial charge in [-0.1, -0.05) is 29.8 Å². The van der Waals surface area contributed by atoms with Gasteiger partial charge in [0.2, 0.25) is 0 Å². The maximum absolute atomic E-state index is 11.1. The average Bonchev–Trinajstić information content (AvgIpc) is 2.12. The topological polar surface area (TPSA) is 41.8 Å². The standard InChI is InChI=1S/C8H5ClN2O/c9-7-5-3-1-2-4-6(5)8(12)11-10-7/h1-4,7H/t7-/m1/s1. The molecule has 0 saturated heterocycles. The Hall–Kier alpha value is -1.22. The van der Waals surface area contributed by atoms with Crippen molar-refractivity contribution < 1.29 is 4.79 Å². The Bertz CT molecular complexity index is 362. The fourth-order valence-electron chi connectivity index (χ4n) is 1.12. The number of carbonyl (C=O) groups excluding carboxylic acids is 1. The molecule has 1 aliphatic heterocycles. The van der Waals surface area contributed by atoms with E-state index in [2.05, 4.69) is 10.2 Å². The van der Waals surface area contributed by atoms with E-state index in [1.165, 1.54) is 0 Å². The van der Waals surface area contributed by atoms with Gasteiger partial charge in [0.1, 0.15) is 0 Å². The van der Waals surface area contributed by atoms with Gasteiger partial charge in [0.15, 0.2) is 5.50 Å². The van der Waals surface area contributed by atoms with Crippen LogP contribution in [0.15, 0.2) is 34.5 Å². The molecule has 1 amide bonds. The Balaban J connectivity index is 2.61. The van der Waals surface area contributed by atoms with Crippen LogP contribution in [0.5, 0.6) is 0 Å². The lowest BCUT2D eigenvalue weighted by Gasteiger charge is -2.11. The highest BCUT2D eigenvalue weighted by atomic mass is 35.5. The second-order valence-electron chi connectivity index (χ2n) is 2.44. The van der Waals surface area contributed by atoms with E-state index in [1.54, 1.807) is 18.2 Å². The number of amides is 1. The third kappa shape index (κ3) is 1.02. The molecule has 1 heterocycles. The lowest BCUT2D eigenvalue weighted by Crippen LogP contribution is -2.05. The zero-order valence-corrected chi connectivity index (χ0v) is 6.82. The lowest BCUT2D eigenvalue weighted by molar-refractivity contribution is 0.0987. The SMILES string of the molecule is O=C1N=N[C@@H](Cl)c2ccccc21. The van der Waals surface area contributed by atoms with Crippen LogP contribution in [-0.4, -0.2) is 5.91 Å². The molecule has 0 radical (unpaired) electrons. The second kappa shape index (κ2) is 2.68. The minimum absolute atomic E-state index is 0.317. The molecule has 3 nitrogen and oxygen atoms in total. The molecule has 12 heavy (non-hydrogen) atoms. The first-order chi connectivity index (χ1) is 5.79. The molecule has 1 aromatic carbocycles. The van der Waals surface area contributed by atoms with Gasteiger partial charge in [0.25, 0.3) is 5.91 Å². The number of azo groups is 1. The van der Waals surface area contributed by atoms with Crippen LogP contribution < -0.4 is 0 Å². The number of rotatable bonds is 0. The molecular weight excluding hydrogens is 176 g/mol. The number of hydrogen-bond donors (Lipinski definition) is 0. The molecule has 0 N–H and O–H groups in total. The number of alkyl halides is 1. The normalized spacial score (nSPS) is 20.8. The molecule has 0 spiro atoms. The highest BCUT2D eigenvalue weighted by molar-refractivity contribution is 6.21. The van der Waals surface area contributed by atoms with Gasteiger partial charge in [0.05, 0.1) is 0 Å². The minimum Gasteiger partial charge on any atom is -0.265 e. The molecule has 1 aliphatic rings. The Morgan fingerprint density at radius 1 is 1.33 bits per heavy atom. The first-order valence-electron chi connectivity index (χ1n) is 3.47. The maximum atomic E-state index is 11.1.